The van der Waals surface area contributed by atoms with E-state index in [0.29, 0.717) is 13.2 Å². The zero-order valence-corrected chi connectivity index (χ0v) is 12.8. The Balaban J connectivity index is 1.88. The van der Waals surface area contributed by atoms with E-state index in [1.165, 1.54) is 6.07 Å². The predicted molar refractivity (Wildman–Crippen MR) is 78.7 cm³/mol. The summed E-state index contributed by atoms with van der Waals surface area (Å²) in [4.78, 5) is 13.0. The van der Waals surface area contributed by atoms with Gasteiger partial charge in [-0.15, -0.1) is 0 Å². The Morgan fingerprint density at radius 3 is 2.73 bits per heavy atom. The van der Waals surface area contributed by atoms with Crippen molar-refractivity contribution in [2.24, 2.45) is 0 Å². The fraction of sp³-hybridized carbons (Fsp3) is 0.600. The smallest absolute Gasteiger partial charge is 0.270 e. The van der Waals surface area contributed by atoms with Gasteiger partial charge in [0, 0.05) is 42.9 Å². The summed E-state index contributed by atoms with van der Waals surface area (Å²) in [7, 11) is 0. The van der Waals surface area contributed by atoms with Gasteiger partial charge in [0.05, 0.1) is 23.7 Å². The van der Waals surface area contributed by atoms with Crippen LogP contribution in [0.1, 0.15) is 25.0 Å². The highest BCUT2D eigenvalue weighted by Crippen LogP contribution is 2.33. The molecule has 0 spiro atoms. The molecule has 1 saturated heterocycles. The van der Waals surface area contributed by atoms with E-state index in [1.54, 1.807) is 6.07 Å². The molecule has 0 radical (unpaired) electrons. The Bertz CT molecular complexity index is 567. The fourth-order valence-corrected chi connectivity index (χ4v) is 3.16. The Hall–Kier alpha value is -1.70. The lowest BCUT2D eigenvalue weighted by Crippen LogP contribution is -2.44. The van der Waals surface area contributed by atoms with Crippen LogP contribution in [0.25, 0.3) is 0 Å². The van der Waals surface area contributed by atoms with Crippen molar-refractivity contribution in [3.63, 3.8) is 0 Å². The molecule has 1 aromatic rings. The minimum atomic E-state index is -0.372. The van der Waals surface area contributed by atoms with Gasteiger partial charge in [-0.25, -0.2) is 0 Å². The molecule has 3 rings (SSSR count). The Morgan fingerprint density at radius 2 is 2.05 bits per heavy atom. The number of benzene rings is 1. The minimum Gasteiger partial charge on any atom is -0.467 e. The zero-order chi connectivity index (χ0) is 15.7. The molecule has 2 aliphatic heterocycles. The number of hydrogen-bond donors (Lipinski definition) is 0. The van der Waals surface area contributed by atoms with Crippen LogP contribution in [0.2, 0.25) is 0 Å². The maximum atomic E-state index is 11.1. The number of ether oxygens (including phenoxy) is 3. The van der Waals surface area contributed by atoms with Crippen LogP contribution in [0, 0.1) is 10.1 Å². The topological polar surface area (TPSA) is 74.1 Å². The van der Waals surface area contributed by atoms with E-state index in [2.05, 4.69) is 4.90 Å². The predicted octanol–water partition coefficient (Wildman–Crippen LogP) is 2.07. The average molecular weight is 308 g/mol. The first-order valence-electron chi connectivity index (χ1n) is 7.41. The molecule has 2 atom stereocenters. The normalized spacial score (nSPS) is 25.4. The molecule has 2 aliphatic rings. The van der Waals surface area contributed by atoms with E-state index in [9.17, 15) is 10.1 Å². The molecule has 0 aromatic heterocycles. The number of hydrogen-bond acceptors (Lipinski definition) is 6. The first kappa shape index (κ1) is 15.2. The van der Waals surface area contributed by atoms with E-state index >= 15 is 0 Å². The molecule has 0 saturated carbocycles. The first-order valence-corrected chi connectivity index (χ1v) is 7.41. The van der Waals surface area contributed by atoms with Crippen LogP contribution in [0.15, 0.2) is 12.1 Å². The van der Waals surface area contributed by atoms with Crippen LogP contribution in [0.5, 0.6) is 5.75 Å². The van der Waals surface area contributed by atoms with Gasteiger partial charge in [0.1, 0.15) is 5.75 Å². The summed E-state index contributed by atoms with van der Waals surface area (Å²) in [6.45, 7) is 6.83. The monoisotopic (exact) mass is 308 g/mol. The highest BCUT2D eigenvalue weighted by Gasteiger charge is 2.26. The number of nitrogens with zero attached hydrogens (tertiary/aromatic N) is 2. The van der Waals surface area contributed by atoms with Crippen molar-refractivity contribution in [1.82, 2.24) is 4.90 Å². The Kier molecular flexibility index (Phi) is 4.28. The average Bonchev–Trinajstić information content (AvgIpc) is 2.46. The molecule has 1 fully saturated rings. The van der Waals surface area contributed by atoms with Crippen molar-refractivity contribution in [2.75, 3.05) is 19.9 Å². The number of nitro benzene ring substituents is 1. The van der Waals surface area contributed by atoms with Crippen LogP contribution in [0.3, 0.4) is 0 Å². The lowest BCUT2D eigenvalue weighted by molar-refractivity contribution is -0.385. The SMILES string of the molecule is CC1CN(Cc2cc([N+](=O)[O-])cc3c2OCOC3)CC(C)O1. The second-order valence-electron chi connectivity index (χ2n) is 5.91. The molecule has 22 heavy (non-hydrogen) atoms. The summed E-state index contributed by atoms with van der Waals surface area (Å²) in [6, 6.07) is 3.14. The highest BCUT2D eigenvalue weighted by molar-refractivity contribution is 5.50. The maximum absolute atomic E-state index is 11.1. The van der Waals surface area contributed by atoms with E-state index in [4.69, 9.17) is 14.2 Å². The summed E-state index contributed by atoms with van der Waals surface area (Å²) >= 11 is 0. The van der Waals surface area contributed by atoms with Gasteiger partial charge in [0.15, 0.2) is 6.79 Å². The van der Waals surface area contributed by atoms with Crippen molar-refractivity contribution in [2.45, 2.75) is 39.2 Å². The van der Waals surface area contributed by atoms with Crippen LogP contribution in [-0.2, 0) is 22.6 Å². The molecule has 1 aromatic carbocycles. The van der Waals surface area contributed by atoms with Crippen molar-refractivity contribution in [3.8, 4) is 5.75 Å². The van der Waals surface area contributed by atoms with Gasteiger partial charge in [-0.05, 0) is 13.8 Å². The van der Waals surface area contributed by atoms with Crippen LogP contribution in [-0.4, -0.2) is 41.9 Å². The van der Waals surface area contributed by atoms with Crippen LogP contribution in [0.4, 0.5) is 5.69 Å². The number of morpholine rings is 1. The largest absolute Gasteiger partial charge is 0.467 e. The van der Waals surface area contributed by atoms with E-state index < -0.39 is 0 Å². The molecule has 2 heterocycles. The Labute approximate surface area is 128 Å². The molecule has 0 bridgehead atoms. The van der Waals surface area contributed by atoms with Crippen molar-refractivity contribution >= 4 is 5.69 Å². The zero-order valence-electron chi connectivity index (χ0n) is 12.8. The third-order valence-corrected chi connectivity index (χ3v) is 3.87. The summed E-state index contributed by atoms with van der Waals surface area (Å²) in [5.41, 5.74) is 1.66. The molecule has 2 unspecified atom stereocenters. The number of nitro groups is 1. The lowest BCUT2D eigenvalue weighted by atomic mass is 10.1. The number of fused-ring (bicyclic) bond motifs is 1. The van der Waals surface area contributed by atoms with E-state index in [-0.39, 0.29) is 29.6 Å². The number of non-ortho nitro benzene ring substituents is 1. The second-order valence-corrected chi connectivity index (χ2v) is 5.91. The van der Waals surface area contributed by atoms with Gasteiger partial charge in [-0.3, -0.25) is 15.0 Å². The maximum Gasteiger partial charge on any atom is 0.270 e. The highest BCUT2D eigenvalue weighted by atomic mass is 16.7. The molecule has 120 valence electrons. The van der Waals surface area contributed by atoms with Gasteiger partial charge in [-0.1, -0.05) is 0 Å². The standard InChI is InChI=1S/C15H20N2O5/c1-10-5-16(6-11(2)22-10)7-12-3-14(17(18)19)4-13-8-20-9-21-15(12)13/h3-4,10-11H,5-9H2,1-2H3. The van der Waals surface area contributed by atoms with Gasteiger partial charge >= 0.3 is 0 Å². The third-order valence-electron chi connectivity index (χ3n) is 3.87. The first-order chi connectivity index (χ1) is 10.5. The van der Waals surface area contributed by atoms with Gasteiger partial charge < -0.3 is 14.2 Å². The summed E-state index contributed by atoms with van der Waals surface area (Å²) < 4.78 is 16.5. The molecule has 0 aliphatic carbocycles. The van der Waals surface area contributed by atoms with Crippen molar-refractivity contribution < 1.29 is 19.1 Å². The lowest BCUT2D eigenvalue weighted by Gasteiger charge is -2.35. The van der Waals surface area contributed by atoms with Gasteiger partial charge in [-0.2, -0.15) is 0 Å². The molecule has 7 heteroatoms. The van der Waals surface area contributed by atoms with Crippen LogP contribution >= 0.6 is 0 Å². The minimum absolute atomic E-state index is 0.0807. The van der Waals surface area contributed by atoms with Crippen molar-refractivity contribution in [3.05, 3.63) is 33.4 Å². The quantitative estimate of drug-likeness (QED) is 0.628. The second kappa shape index (κ2) is 6.20. The molecule has 0 N–H and O–H groups in total. The van der Waals surface area contributed by atoms with Crippen molar-refractivity contribution in [1.29, 1.82) is 0 Å². The van der Waals surface area contributed by atoms with Crippen LogP contribution < -0.4 is 4.74 Å². The summed E-state index contributed by atoms with van der Waals surface area (Å²) in [6.07, 6.45) is 0.310. The Morgan fingerprint density at radius 1 is 1.32 bits per heavy atom. The summed E-state index contributed by atoms with van der Waals surface area (Å²) in [5.74, 6) is 0.726. The van der Waals surface area contributed by atoms with Gasteiger partial charge in [0.25, 0.3) is 5.69 Å². The van der Waals surface area contributed by atoms with E-state index in [0.717, 1.165) is 30.0 Å². The number of rotatable bonds is 3. The van der Waals surface area contributed by atoms with E-state index in [1.807, 2.05) is 13.8 Å². The molecular weight excluding hydrogens is 288 g/mol. The third kappa shape index (κ3) is 3.21. The summed E-state index contributed by atoms with van der Waals surface area (Å²) in [5, 5.41) is 11.1. The molecule has 0 amide bonds. The van der Waals surface area contributed by atoms with Gasteiger partial charge in [0.2, 0.25) is 0 Å². The molecular formula is C15H20N2O5. The molecule has 7 nitrogen and oxygen atoms in total. The fourth-order valence-electron chi connectivity index (χ4n) is 3.16.